The number of hydrogen-bond donors (Lipinski definition) is 1. The Morgan fingerprint density at radius 3 is 2.46 bits per heavy atom. The number of para-hydroxylation sites is 1. The third-order valence-electron chi connectivity index (χ3n) is 4.18. The van der Waals surface area contributed by atoms with E-state index in [1.54, 1.807) is 11.1 Å². The van der Waals surface area contributed by atoms with Gasteiger partial charge in [-0.1, -0.05) is 42.5 Å². The van der Waals surface area contributed by atoms with Gasteiger partial charge in [0.2, 0.25) is 0 Å². The maximum absolute atomic E-state index is 12.9. The normalized spacial score (nSPS) is 16.1. The van der Waals surface area contributed by atoms with Crippen molar-refractivity contribution in [2.24, 2.45) is 0 Å². The summed E-state index contributed by atoms with van der Waals surface area (Å²) < 4.78 is 0. The van der Waals surface area contributed by atoms with Crippen LogP contribution in [-0.4, -0.2) is 10.9 Å². The molecule has 118 valence electrons. The van der Waals surface area contributed by atoms with Gasteiger partial charge in [0.25, 0.3) is 5.91 Å². The molecule has 1 amide bonds. The van der Waals surface area contributed by atoms with Crippen LogP contribution in [0.3, 0.4) is 0 Å². The van der Waals surface area contributed by atoms with E-state index in [1.807, 2.05) is 73.7 Å². The van der Waals surface area contributed by atoms with Crippen LogP contribution in [0.2, 0.25) is 0 Å². The zero-order chi connectivity index (χ0) is 16.5. The predicted octanol–water partition coefficient (Wildman–Crippen LogP) is 4.16. The molecule has 0 spiro atoms. The summed E-state index contributed by atoms with van der Waals surface area (Å²) in [5.41, 5.74) is 3.71. The fraction of sp³-hybridized carbons (Fsp3) is 0.100. The van der Waals surface area contributed by atoms with E-state index >= 15 is 0 Å². The number of pyridine rings is 1. The first-order chi connectivity index (χ1) is 11.7. The molecule has 1 aliphatic heterocycles. The van der Waals surface area contributed by atoms with Crippen LogP contribution in [0.4, 0.5) is 11.5 Å². The number of rotatable bonds is 3. The average Bonchev–Trinajstić information content (AvgIpc) is 2.89. The van der Waals surface area contributed by atoms with Gasteiger partial charge in [0.15, 0.2) is 0 Å². The molecule has 1 N–H and O–H groups in total. The quantitative estimate of drug-likeness (QED) is 0.789. The maximum Gasteiger partial charge on any atom is 0.261 e. The number of carbonyl (C=O) groups excluding carboxylic acids is 1. The highest BCUT2D eigenvalue weighted by Crippen LogP contribution is 2.37. The summed E-state index contributed by atoms with van der Waals surface area (Å²) in [4.78, 5) is 19.1. The molecule has 0 saturated carbocycles. The number of anilines is 2. The van der Waals surface area contributed by atoms with E-state index in [0.717, 1.165) is 16.8 Å². The largest absolute Gasteiger partial charge is 0.361 e. The van der Waals surface area contributed by atoms with E-state index in [0.29, 0.717) is 11.4 Å². The Balaban J connectivity index is 1.79. The molecule has 0 aliphatic carbocycles. The molecule has 4 nitrogen and oxygen atoms in total. The van der Waals surface area contributed by atoms with Crippen molar-refractivity contribution in [2.75, 3.05) is 10.2 Å². The number of benzene rings is 2. The van der Waals surface area contributed by atoms with Gasteiger partial charge in [-0.3, -0.25) is 9.69 Å². The monoisotopic (exact) mass is 315 g/mol. The Morgan fingerprint density at radius 2 is 1.71 bits per heavy atom. The van der Waals surface area contributed by atoms with Gasteiger partial charge in [-0.15, -0.1) is 0 Å². The van der Waals surface area contributed by atoms with E-state index in [9.17, 15) is 4.79 Å². The molecule has 3 aromatic rings. The first-order valence-electron chi connectivity index (χ1n) is 7.91. The molecule has 0 unspecified atom stereocenters. The van der Waals surface area contributed by atoms with Gasteiger partial charge < -0.3 is 5.32 Å². The van der Waals surface area contributed by atoms with Crippen molar-refractivity contribution in [2.45, 2.75) is 13.1 Å². The van der Waals surface area contributed by atoms with Crippen LogP contribution >= 0.6 is 0 Å². The van der Waals surface area contributed by atoms with Gasteiger partial charge in [-0.05, 0) is 36.8 Å². The first kappa shape index (κ1) is 14.5. The van der Waals surface area contributed by atoms with E-state index in [2.05, 4.69) is 10.3 Å². The van der Waals surface area contributed by atoms with Crippen molar-refractivity contribution in [3.63, 3.8) is 0 Å². The second-order valence-electron chi connectivity index (χ2n) is 5.87. The molecule has 0 fully saturated rings. The summed E-state index contributed by atoms with van der Waals surface area (Å²) in [6, 6.07) is 21.5. The lowest BCUT2D eigenvalue weighted by Crippen LogP contribution is -2.32. The molecule has 4 heteroatoms. The highest BCUT2D eigenvalue weighted by atomic mass is 16.2. The number of hydrogen-bond acceptors (Lipinski definition) is 3. The molecule has 2 aromatic carbocycles. The third kappa shape index (κ3) is 2.42. The molecular weight excluding hydrogens is 298 g/mol. The van der Waals surface area contributed by atoms with Crippen molar-refractivity contribution in [1.29, 1.82) is 0 Å². The van der Waals surface area contributed by atoms with Gasteiger partial charge >= 0.3 is 0 Å². The van der Waals surface area contributed by atoms with E-state index in [4.69, 9.17) is 0 Å². The standard InChI is InChI=1S/C20H17N3O/c1-14-11-12-18(21-13-14)23-19(22-15-7-3-2-4-8-15)16-9-5-6-10-17(16)20(23)24/h2-13,19,22H,1H3/t19-/m1/s1. The number of aromatic nitrogens is 1. The van der Waals surface area contributed by atoms with Crippen molar-refractivity contribution in [1.82, 2.24) is 4.98 Å². The number of fused-ring (bicyclic) bond motifs is 1. The van der Waals surface area contributed by atoms with Gasteiger partial charge in [0.1, 0.15) is 12.0 Å². The number of aryl methyl sites for hydroxylation is 1. The molecule has 4 rings (SSSR count). The van der Waals surface area contributed by atoms with E-state index in [1.165, 1.54) is 0 Å². The third-order valence-corrected chi connectivity index (χ3v) is 4.18. The smallest absolute Gasteiger partial charge is 0.261 e. The molecular formula is C20H17N3O. The average molecular weight is 315 g/mol. The van der Waals surface area contributed by atoms with Crippen LogP contribution in [0.1, 0.15) is 27.7 Å². The Kier molecular flexibility index (Phi) is 3.50. The van der Waals surface area contributed by atoms with Crippen LogP contribution in [-0.2, 0) is 0 Å². The maximum atomic E-state index is 12.9. The summed E-state index contributed by atoms with van der Waals surface area (Å²) in [5.74, 6) is 0.616. The van der Waals surface area contributed by atoms with Crippen molar-refractivity contribution >= 4 is 17.4 Å². The van der Waals surface area contributed by atoms with Crippen LogP contribution in [0.25, 0.3) is 0 Å². The number of carbonyl (C=O) groups is 1. The second-order valence-corrected chi connectivity index (χ2v) is 5.87. The first-order valence-corrected chi connectivity index (χ1v) is 7.91. The van der Waals surface area contributed by atoms with Crippen molar-refractivity contribution < 1.29 is 4.79 Å². The summed E-state index contributed by atoms with van der Waals surface area (Å²) >= 11 is 0. The molecule has 24 heavy (non-hydrogen) atoms. The highest BCUT2D eigenvalue weighted by molar-refractivity contribution is 6.10. The minimum absolute atomic E-state index is 0.0321. The fourth-order valence-electron chi connectivity index (χ4n) is 2.99. The summed E-state index contributed by atoms with van der Waals surface area (Å²) in [5, 5.41) is 3.46. The Hall–Kier alpha value is -3.14. The molecule has 1 aromatic heterocycles. The van der Waals surface area contributed by atoms with Crippen LogP contribution in [0, 0.1) is 6.92 Å². The fourth-order valence-corrected chi connectivity index (χ4v) is 2.99. The lowest BCUT2D eigenvalue weighted by molar-refractivity contribution is 0.0992. The van der Waals surface area contributed by atoms with E-state index in [-0.39, 0.29) is 12.1 Å². The summed E-state index contributed by atoms with van der Waals surface area (Å²) in [7, 11) is 0. The summed E-state index contributed by atoms with van der Waals surface area (Å²) in [6.45, 7) is 1.98. The minimum Gasteiger partial charge on any atom is -0.361 e. The van der Waals surface area contributed by atoms with Crippen molar-refractivity contribution in [3.8, 4) is 0 Å². The predicted molar refractivity (Wildman–Crippen MR) is 95.0 cm³/mol. The highest BCUT2D eigenvalue weighted by Gasteiger charge is 2.38. The zero-order valence-electron chi connectivity index (χ0n) is 13.3. The van der Waals surface area contributed by atoms with Gasteiger partial charge in [-0.2, -0.15) is 0 Å². The number of nitrogens with one attached hydrogen (secondary N) is 1. The SMILES string of the molecule is Cc1ccc(N2C(=O)c3ccccc3[C@@H]2Nc2ccccc2)nc1. The Labute approximate surface area is 140 Å². The molecule has 0 saturated heterocycles. The van der Waals surface area contributed by atoms with Gasteiger partial charge in [0, 0.05) is 23.0 Å². The lowest BCUT2D eigenvalue weighted by Gasteiger charge is -2.26. The zero-order valence-corrected chi connectivity index (χ0v) is 13.3. The topological polar surface area (TPSA) is 45.2 Å². The number of nitrogens with zero attached hydrogens (tertiary/aromatic N) is 2. The number of amides is 1. The molecule has 1 aliphatic rings. The van der Waals surface area contributed by atoms with Gasteiger partial charge in [-0.25, -0.2) is 4.98 Å². The van der Waals surface area contributed by atoms with Gasteiger partial charge in [0.05, 0.1) is 0 Å². The second kappa shape index (κ2) is 5.81. The molecule has 0 bridgehead atoms. The lowest BCUT2D eigenvalue weighted by atomic mass is 10.1. The Morgan fingerprint density at radius 1 is 0.958 bits per heavy atom. The molecule has 0 radical (unpaired) electrons. The Bertz CT molecular complexity index is 875. The van der Waals surface area contributed by atoms with Crippen LogP contribution in [0.15, 0.2) is 72.9 Å². The van der Waals surface area contributed by atoms with Crippen molar-refractivity contribution in [3.05, 3.63) is 89.6 Å². The van der Waals surface area contributed by atoms with E-state index < -0.39 is 0 Å². The minimum atomic E-state index is -0.272. The van der Waals surface area contributed by atoms with Crippen LogP contribution in [0.5, 0.6) is 0 Å². The molecule has 1 atom stereocenters. The summed E-state index contributed by atoms with van der Waals surface area (Å²) in [6.07, 6.45) is 1.51. The van der Waals surface area contributed by atoms with Crippen LogP contribution < -0.4 is 10.2 Å². The molecule has 2 heterocycles.